The summed E-state index contributed by atoms with van der Waals surface area (Å²) in [5, 5.41) is 0. The van der Waals surface area contributed by atoms with Gasteiger partial charge in [-0.05, 0) is 67.9 Å². The lowest BCUT2D eigenvalue weighted by Crippen LogP contribution is -2.09. The number of allylic oxidation sites excluding steroid dienone is 2. The molecular weight excluding hydrogens is 318 g/mol. The lowest BCUT2D eigenvalue weighted by molar-refractivity contribution is -0.107. The zero-order chi connectivity index (χ0) is 18.8. The molecule has 2 N–H and O–H groups in total. The minimum absolute atomic E-state index is 0.531. The van der Waals surface area contributed by atoms with Gasteiger partial charge in [0.2, 0.25) is 0 Å². The van der Waals surface area contributed by atoms with E-state index in [2.05, 4.69) is 49.1 Å². The fourth-order valence-electron chi connectivity index (χ4n) is 4.00. The normalized spacial score (nSPS) is 20.7. The molecule has 0 bridgehead atoms. The maximum Gasteiger partial charge on any atom is 0.120 e. The van der Waals surface area contributed by atoms with E-state index in [0.717, 1.165) is 37.7 Å². The molecule has 0 aliphatic heterocycles. The third kappa shape index (κ3) is 5.77. The van der Waals surface area contributed by atoms with Crippen LogP contribution in [0.2, 0.25) is 0 Å². The number of aryl methyl sites for hydroxylation is 1. The maximum absolute atomic E-state index is 10.6. The van der Waals surface area contributed by atoms with Crippen LogP contribution in [0, 0.1) is 23.7 Å². The number of anilines is 1. The molecule has 1 aromatic rings. The number of hydrogen-bond donors (Lipinski definition) is 1. The number of nitrogen functional groups attached to an aromatic ring is 1. The summed E-state index contributed by atoms with van der Waals surface area (Å²) in [6, 6.07) is 6.45. The lowest BCUT2D eigenvalue weighted by Gasteiger charge is -2.21. The topological polar surface area (TPSA) is 43.1 Å². The van der Waals surface area contributed by atoms with Crippen molar-refractivity contribution in [1.82, 2.24) is 0 Å². The molecule has 2 rings (SSSR count). The van der Waals surface area contributed by atoms with Gasteiger partial charge in [0.05, 0.1) is 0 Å². The molecule has 2 nitrogen and oxygen atoms in total. The van der Waals surface area contributed by atoms with E-state index in [1.165, 1.54) is 30.4 Å². The van der Waals surface area contributed by atoms with E-state index < -0.39 is 0 Å². The van der Waals surface area contributed by atoms with Gasteiger partial charge in [-0.3, -0.25) is 0 Å². The molecule has 0 heterocycles. The van der Waals surface area contributed by atoms with Crippen LogP contribution in [0.1, 0.15) is 75.8 Å². The molecule has 2 heteroatoms. The van der Waals surface area contributed by atoms with E-state index in [0.29, 0.717) is 24.2 Å². The molecular formula is C24H33NO. The fourth-order valence-corrected chi connectivity index (χ4v) is 4.00. The molecule has 140 valence electrons. The van der Waals surface area contributed by atoms with Crippen LogP contribution in [0.4, 0.5) is 5.69 Å². The number of carbonyl (C=O) groups is 1. The second kappa shape index (κ2) is 10.9. The SMILES string of the molecule is CC#CCC(C)C/C=C/[C@H]1CCC[C@@H]1c1cccc(CCCC=O)c1N. The summed E-state index contributed by atoms with van der Waals surface area (Å²) >= 11 is 0. The number of nitrogens with two attached hydrogens (primary N) is 1. The van der Waals surface area contributed by atoms with Gasteiger partial charge in [0.1, 0.15) is 6.29 Å². The summed E-state index contributed by atoms with van der Waals surface area (Å²) in [5.41, 5.74) is 9.98. The van der Waals surface area contributed by atoms with Crippen molar-refractivity contribution in [2.45, 2.75) is 71.1 Å². The van der Waals surface area contributed by atoms with Crippen LogP contribution in [0.3, 0.4) is 0 Å². The smallest absolute Gasteiger partial charge is 0.120 e. The standard InChI is InChI=1S/C24H33NO/c1-3-4-10-19(2)11-7-13-20-14-8-16-22(20)23-17-9-15-21(24(23)25)12-5-6-18-26/h7,9,13,15,17-20,22H,5-6,8,10-12,14,16,25H2,1-2H3/b13-7+/t19?,20-,22-/m0/s1. The zero-order valence-corrected chi connectivity index (χ0v) is 16.3. The second-order valence-corrected chi connectivity index (χ2v) is 7.58. The molecule has 1 fully saturated rings. The predicted molar refractivity (Wildman–Crippen MR) is 111 cm³/mol. The molecule has 1 saturated carbocycles. The predicted octanol–water partition coefficient (Wildman–Crippen LogP) is 5.67. The van der Waals surface area contributed by atoms with Crippen molar-refractivity contribution in [2.75, 3.05) is 5.73 Å². The summed E-state index contributed by atoms with van der Waals surface area (Å²) in [5.74, 6) is 7.89. The Bertz CT molecular complexity index is 665. The van der Waals surface area contributed by atoms with Gasteiger partial charge >= 0.3 is 0 Å². The monoisotopic (exact) mass is 351 g/mol. The Kier molecular flexibility index (Phi) is 8.48. The van der Waals surface area contributed by atoms with Crippen molar-refractivity contribution >= 4 is 12.0 Å². The first kappa shape index (κ1) is 20.3. The van der Waals surface area contributed by atoms with Gasteiger partial charge in [-0.15, -0.1) is 11.8 Å². The molecule has 0 saturated heterocycles. The summed E-state index contributed by atoms with van der Waals surface area (Å²) in [4.78, 5) is 10.6. The van der Waals surface area contributed by atoms with E-state index in [-0.39, 0.29) is 0 Å². The summed E-state index contributed by atoms with van der Waals surface area (Å²) in [6.45, 7) is 4.17. The highest BCUT2D eigenvalue weighted by Gasteiger charge is 2.28. The molecule has 0 spiro atoms. The van der Waals surface area contributed by atoms with Crippen LogP contribution in [-0.2, 0) is 11.2 Å². The van der Waals surface area contributed by atoms with Crippen LogP contribution in [0.5, 0.6) is 0 Å². The first-order valence-corrected chi connectivity index (χ1v) is 10.0. The molecule has 0 radical (unpaired) electrons. The third-order valence-corrected chi connectivity index (χ3v) is 5.52. The Hall–Kier alpha value is -2.01. The average Bonchev–Trinajstić information content (AvgIpc) is 3.10. The number of unbranched alkanes of at least 4 members (excludes halogenated alkanes) is 1. The Labute approximate surface area is 159 Å². The quantitative estimate of drug-likeness (QED) is 0.205. The first-order valence-electron chi connectivity index (χ1n) is 10.0. The number of hydrogen-bond acceptors (Lipinski definition) is 2. The summed E-state index contributed by atoms with van der Waals surface area (Å²) < 4.78 is 0. The molecule has 0 aromatic heterocycles. The number of para-hydroxylation sites is 1. The van der Waals surface area contributed by atoms with Crippen LogP contribution in [0.25, 0.3) is 0 Å². The Morgan fingerprint density at radius 2 is 2.19 bits per heavy atom. The van der Waals surface area contributed by atoms with Gasteiger partial charge in [-0.25, -0.2) is 0 Å². The second-order valence-electron chi connectivity index (χ2n) is 7.58. The summed E-state index contributed by atoms with van der Waals surface area (Å²) in [7, 11) is 0. The van der Waals surface area contributed by atoms with Crippen molar-refractivity contribution in [1.29, 1.82) is 0 Å². The molecule has 1 aliphatic carbocycles. The Morgan fingerprint density at radius 3 is 2.96 bits per heavy atom. The molecule has 1 aromatic carbocycles. The van der Waals surface area contributed by atoms with Gasteiger partial charge < -0.3 is 10.5 Å². The third-order valence-electron chi connectivity index (χ3n) is 5.52. The highest BCUT2D eigenvalue weighted by molar-refractivity contribution is 5.56. The number of carbonyl (C=O) groups excluding carboxylic acids is 1. The fraction of sp³-hybridized carbons (Fsp3) is 0.542. The van der Waals surface area contributed by atoms with Crippen molar-refractivity contribution < 1.29 is 4.79 Å². The zero-order valence-electron chi connectivity index (χ0n) is 16.3. The van der Waals surface area contributed by atoms with Gasteiger partial charge in [-0.2, -0.15) is 0 Å². The van der Waals surface area contributed by atoms with Gasteiger partial charge in [0.15, 0.2) is 0 Å². The van der Waals surface area contributed by atoms with Crippen molar-refractivity contribution in [3.05, 3.63) is 41.5 Å². The highest BCUT2D eigenvalue weighted by atomic mass is 16.1. The van der Waals surface area contributed by atoms with Gasteiger partial charge in [-0.1, -0.05) is 43.7 Å². The van der Waals surface area contributed by atoms with E-state index in [1.54, 1.807) is 0 Å². The van der Waals surface area contributed by atoms with Crippen LogP contribution >= 0.6 is 0 Å². The molecule has 3 atom stereocenters. The molecule has 0 amide bonds. The van der Waals surface area contributed by atoms with Crippen LogP contribution in [0.15, 0.2) is 30.4 Å². The average molecular weight is 352 g/mol. The summed E-state index contributed by atoms with van der Waals surface area (Å²) in [6.07, 6.45) is 14.0. The molecule has 26 heavy (non-hydrogen) atoms. The molecule has 1 aliphatic rings. The van der Waals surface area contributed by atoms with E-state index in [9.17, 15) is 4.79 Å². The van der Waals surface area contributed by atoms with Crippen molar-refractivity contribution in [2.24, 2.45) is 11.8 Å². The van der Waals surface area contributed by atoms with E-state index in [1.807, 2.05) is 6.92 Å². The number of benzene rings is 1. The minimum atomic E-state index is 0.531. The Morgan fingerprint density at radius 1 is 1.35 bits per heavy atom. The van der Waals surface area contributed by atoms with Crippen LogP contribution in [-0.4, -0.2) is 6.29 Å². The lowest BCUT2D eigenvalue weighted by atomic mass is 9.85. The first-order chi connectivity index (χ1) is 12.7. The van der Waals surface area contributed by atoms with Crippen molar-refractivity contribution in [3.63, 3.8) is 0 Å². The maximum atomic E-state index is 10.6. The molecule has 1 unspecified atom stereocenters. The number of rotatable bonds is 9. The van der Waals surface area contributed by atoms with Gasteiger partial charge in [0.25, 0.3) is 0 Å². The van der Waals surface area contributed by atoms with Crippen LogP contribution < -0.4 is 5.73 Å². The minimum Gasteiger partial charge on any atom is -0.398 e. The van der Waals surface area contributed by atoms with Crippen molar-refractivity contribution in [3.8, 4) is 11.8 Å². The van der Waals surface area contributed by atoms with Gasteiger partial charge in [0, 0.05) is 18.5 Å². The Balaban J connectivity index is 2.03. The van der Waals surface area contributed by atoms with E-state index >= 15 is 0 Å². The van der Waals surface area contributed by atoms with E-state index in [4.69, 9.17) is 5.73 Å². The largest absolute Gasteiger partial charge is 0.398 e. The highest BCUT2D eigenvalue weighted by Crippen LogP contribution is 2.43. The number of aldehydes is 1.